The van der Waals surface area contributed by atoms with E-state index >= 15 is 0 Å². The molecule has 0 bridgehead atoms. The predicted molar refractivity (Wildman–Crippen MR) is 100 cm³/mol. The van der Waals surface area contributed by atoms with Gasteiger partial charge in [0.1, 0.15) is 0 Å². The fourth-order valence-corrected chi connectivity index (χ4v) is 5.75. The average Bonchev–Trinajstić information content (AvgIpc) is 2.44. The molecule has 3 fully saturated rings. The Kier molecular flexibility index (Phi) is 4.88. The van der Waals surface area contributed by atoms with Gasteiger partial charge in [0, 0.05) is 0 Å². The van der Waals surface area contributed by atoms with Crippen molar-refractivity contribution in [2.45, 2.75) is 105 Å². The third-order valence-corrected chi connectivity index (χ3v) is 7.52. The first-order valence-corrected chi connectivity index (χ1v) is 10.3. The molecule has 2 saturated heterocycles. The molecule has 2 nitrogen and oxygen atoms in total. The van der Waals surface area contributed by atoms with Crippen molar-refractivity contribution in [3.63, 3.8) is 0 Å². The highest BCUT2D eigenvalue weighted by Gasteiger charge is 2.55. The molecule has 0 radical (unpaired) electrons. The number of hydrogen-bond acceptors (Lipinski definition) is 2. The molecule has 1 aliphatic carbocycles. The highest BCUT2D eigenvalue weighted by atomic mass is 16.5. The molecule has 0 aromatic carbocycles. The summed E-state index contributed by atoms with van der Waals surface area (Å²) in [6.07, 6.45) is 6.49. The van der Waals surface area contributed by atoms with E-state index < -0.39 is 0 Å². The first-order valence-electron chi connectivity index (χ1n) is 10.3. The molecule has 2 heteroatoms. The van der Waals surface area contributed by atoms with Gasteiger partial charge >= 0.3 is 0 Å². The standard InChI is InChI=1S/C22H40O2/c1-13(2)19-11-21(5,6)15-10-18-16(9-17(15)23-19)22(7,8)12-20(24-18)14(3)4/h13-20H,9-12H2,1-8H3/t15-,16-,17-,18+,19-,20+/m1/s1. The van der Waals surface area contributed by atoms with E-state index in [9.17, 15) is 0 Å². The van der Waals surface area contributed by atoms with Gasteiger partial charge in [-0.05, 0) is 60.2 Å². The molecule has 6 atom stereocenters. The molecular formula is C22H40O2. The highest BCUT2D eigenvalue weighted by molar-refractivity contribution is 5.03. The third kappa shape index (κ3) is 3.30. The van der Waals surface area contributed by atoms with Crippen molar-refractivity contribution in [1.82, 2.24) is 0 Å². The highest BCUT2D eigenvalue weighted by Crippen LogP contribution is 2.56. The van der Waals surface area contributed by atoms with Crippen molar-refractivity contribution in [3.05, 3.63) is 0 Å². The Hall–Kier alpha value is -0.0800. The molecule has 2 aliphatic heterocycles. The van der Waals surface area contributed by atoms with E-state index in [1.807, 2.05) is 0 Å². The largest absolute Gasteiger partial charge is 0.374 e. The van der Waals surface area contributed by atoms with Gasteiger partial charge < -0.3 is 9.47 Å². The van der Waals surface area contributed by atoms with E-state index in [0.717, 1.165) is 0 Å². The second-order valence-corrected chi connectivity index (χ2v) is 11.0. The van der Waals surface area contributed by atoms with E-state index in [2.05, 4.69) is 55.4 Å². The molecule has 0 amide bonds. The summed E-state index contributed by atoms with van der Waals surface area (Å²) in [5.74, 6) is 2.53. The number of fused-ring (bicyclic) bond motifs is 2. The maximum atomic E-state index is 6.65. The Bertz CT molecular complexity index is 409. The van der Waals surface area contributed by atoms with Gasteiger partial charge in [-0.3, -0.25) is 0 Å². The summed E-state index contributed by atoms with van der Waals surface area (Å²) in [4.78, 5) is 0. The zero-order valence-electron chi connectivity index (χ0n) is 17.3. The zero-order chi connectivity index (χ0) is 17.9. The molecule has 0 spiro atoms. The first kappa shape index (κ1) is 18.7. The van der Waals surface area contributed by atoms with Gasteiger partial charge in [0.05, 0.1) is 24.4 Å². The molecule has 0 unspecified atom stereocenters. The van der Waals surface area contributed by atoms with Gasteiger partial charge in [0.2, 0.25) is 0 Å². The summed E-state index contributed by atoms with van der Waals surface area (Å²) >= 11 is 0. The third-order valence-electron chi connectivity index (χ3n) is 7.52. The lowest BCUT2D eigenvalue weighted by molar-refractivity contribution is -0.237. The van der Waals surface area contributed by atoms with Crippen molar-refractivity contribution >= 4 is 0 Å². The van der Waals surface area contributed by atoms with Crippen molar-refractivity contribution in [3.8, 4) is 0 Å². The van der Waals surface area contributed by atoms with Crippen LogP contribution in [0.3, 0.4) is 0 Å². The molecule has 0 aromatic rings. The molecule has 1 saturated carbocycles. The van der Waals surface area contributed by atoms with Crippen LogP contribution in [0.25, 0.3) is 0 Å². The van der Waals surface area contributed by atoms with Crippen LogP contribution in [0.5, 0.6) is 0 Å². The van der Waals surface area contributed by atoms with Gasteiger partial charge in [-0.15, -0.1) is 0 Å². The fourth-order valence-electron chi connectivity index (χ4n) is 5.75. The van der Waals surface area contributed by atoms with Crippen LogP contribution in [0.1, 0.15) is 81.1 Å². The van der Waals surface area contributed by atoms with Gasteiger partial charge in [-0.2, -0.15) is 0 Å². The van der Waals surface area contributed by atoms with Crippen molar-refractivity contribution in [1.29, 1.82) is 0 Å². The number of ether oxygens (including phenoxy) is 2. The van der Waals surface area contributed by atoms with Crippen LogP contribution < -0.4 is 0 Å². The van der Waals surface area contributed by atoms with Crippen LogP contribution >= 0.6 is 0 Å². The van der Waals surface area contributed by atoms with Crippen LogP contribution in [0.15, 0.2) is 0 Å². The molecule has 0 N–H and O–H groups in total. The predicted octanol–water partition coefficient (Wildman–Crippen LogP) is 5.69. The van der Waals surface area contributed by atoms with Crippen molar-refractivity contribution < 1.29 is 9.47 Å². The second kappa shape index (κ2) is 6.27. The molecule has 24 heavy (non-hydrogen) atoms. The van der Waals surface area contributed by atoms with Gasteiger partial charge in [-0.25, -0.2) is 0 Å². The Balaban J connectivity index is 1.82. The van der Waals surface area contributed by atoms with E-state index in [0.29, 0.717) is 58.9 Å². The molecule has 140 valence electrons. The van der Waals surface area contributed by atoms with Crippen LogP contribution in [0, 0.1) is 34.5 Å². The zero-order valence-corrected chi connectivity index (χ0v) is 17.3. The van der Waals surface area contributed by atoms with Crippen molar-refractivity contribution in [2.75, 3.05) is 0 Å². The maximum Gasteiger partial charge on any atom is 0.0617 e. The monoisotopic (exact) mass is 336 g/mol. The molecule has 0 aromatic heterocycles. The van der Waals surface area contributed by atoms with Gasteiger partial charge in [0.25, 0.3) is 0 Å². The summed E-state index contributed by atoms with van der Waals surface area (Å²) in [5, 5.41) is 0. The van der Waals surface area contributed by atoms with Gasteiger partial charge in [-0.1, -0.05) is 55.4 Å². The van der Waals surface area contributed by atoms with Crippen LogP contribution in [0.4, 0.5) is 0 Å². The van der Waals surface area contributed by atoms with E-state index in [1.54, 1.807) is 0 Å². The fraction of sp³-hybridized carbons (Fsp3) is 1.00. The minimum Gasteiger partial charge on any atom is -0.374 e. The second-order valence-electron chi connectivity index (χ2n) is 11.0. The molecule has 3 aliphatic rings. The van der Waals surface area contributed by atoms with Crippen molar-refractivity contribution in [2.24, 2.45) is 34.5 Å². The number of rotatable bonds is 2. The average molecular weight is 337 g/mol. The normalized spacial score (nSPS) is 44.2. The Morgan fingerprint density at radius 3 is 1.29 bits per heavy atom. The first-order chi connectivity index (χ1) is 11.0. The Labute approximate surface area is 150 Å². The molecular weight excluding hydrogens is 296 g/mol. The summed E-state index contributed by atoms with van der Waals surface area (Å²) in [5.41, 5.74) is 0.724. The molecule has 3 rings (SSSR count). The van der Waals surface area contributed by atoms with E-state index in [-0.39, 0.29) is 0 Å². The van der Waals surface area contributed by atoms with Crippen LogP contribution in [-0.2, 0) is 9.47 Å². The topological polar surface area (TPSA) is 18.5 Å². The summed E-state index contributed by atoms with van der Waals surface area (Å²) in [7, 11) is 0. The summed E-state index contributed by atoms with van der Waals surface area (Å²) in [6.45, 7) is 19.1. The summed E-state index contributed by atoms with van der Waals surface area (Å²) < 4.78 is 13.3. The lowest BCUT2D eigenvalue weighted by atomic mass is 9.56. The van der Waals surface area contributed by atoms with E-state index in [1.165, 1.54) is 25.7 Å². The van der Waals surface area contributed by atoms with Crippen LogP contribution in [0.2, 0.25) is 0 Å². The SMILES string of the molecule is CC(C)[C@@H]1CC(C)(C)[C@@H]2C[C@H]3O[C@@H](C(C)C)CC(C)(C)[C@@H]3C[C@@H]2O1. The van der Waals surface area contributed by atoms with E-state index in [4.69, 9.17) is 9.47 Å². The Morgan fingerprint density at radius 2 is 1.00 bits per heavy atom. The number of hydrogen-bond donors (Lipinski definition) is 0. The molecule has 2 heterocycles. The minimum atomic E-state index is 0.362. The van der Waals surface area contributed by atoms with Crippen LogP contribution in [-0.4, -0.2) is 24.4 Å². The maximum absolute atomic E-state index is 6.65. The Morgan fingerprint density at radius 1 is 0.667 bits per heavy atom. The summed E-state index contributed by atoms with van der Waals surface area (Å²) in [6, 6.07) is 0. The lowest BCUT2D eigenvalue weighted by Crippen LogP contribution is -2.58. The lowest BCUT2D eigenvalue weighted by Gasteiger charge is -2.58. The minimum absolute atomic E-state index is 0.362. The van der Waals surface area contributed by atoms with Gasteiger partial charge in [0.15, 0.2) is 0 Å². The quantitative estimate of drug-likeness (QED) is 0.644. The smallest absolute Gasteiger partial charge is 0.0617 e.